The van der Waals surface area contributed by atoms with Crippen molar-refractivity contribution < 1.29 is 0 Å². The van der Waals surface area contributed by atoms with Gasteiger partial charge in [0.25, 0.3) is 0 Å². The van der Waals surface area contributed by atoms with Gasteiger partial charge in [-0.2, -0.15) is 5.10 Å². The summed E-state index contributed by atoms with van der Waals surface area (Å²) in [5.41, 5.74) is 10.6. The number of hydrogen-bond acceptors (Lipinski definition) is 5. The Morgan fingerprint density at radius 2 is 1.94 bits per heavy atom. The summed E-state index contributed by atoms with van der Waals surface area (Å²) in [5, 5.41) is 7.93. The number of pyridine rings is 2. The lowest BCUT2D eigenvalue weighted by atomic mass is 10.1. The Balaban J connectivity index is 2.34. The Kier molecular flexibility index (Phi) is 2.37. The molecule has 0 bridgehead atoms. The van der Waals surface area contributed by atoms with E-state index in [2.05, 4.69) is 20.2 Å². The van der Waals surface area contributed by atoms with Crippen molar-refractivity contribution in [2.24, 2.45) is 0 Å². The Bertz CT molecular complexity index is 709. The Morgan fingerprint density at radius 1 is 1.11 bits per heavy atom. The van der Waals surface area contributed by atoms with Gasteiger partial charge in [-0.25, -0.2) is 4.98 Å². The van der Waals surface area contributed by atoms with E-state index in [0.717, 1.165) is 22.3 Å². The van der Waals surface area contributed by atoms with E-state index >= 15 is 0 Å². The summed E-state index contributed by atoms with van der Waals surface area (Å²) in [4.78, 5) is 8.81. The van der Waals surface area contributed by atoms with Crippen LogP contribution in [0, 0.1) is 6.92 Å². The molecule has 0 aliphatic heterocycles. The van der Waals surface area contributed by atoms with Crippen molar-refractivity contribution in [2.75, 3.05) is 5.73 Å². The molecule has 3 aromatic heterocycles. The van der Waals surface area contributed by atoms with Gasteiger partial charge in [-0.05, 0) is 31.2 Å². The van der Waals surface area contributed by atoms with Crippen LogP contribution in [0.15, 0.2) is 36.7 Å². The number of nitrogens with zero attached hydrogens (tertiary/aromatic N) is 4. The molecule has 0 aliphatic rings. The molecule has 0 aromatic carbocycles. The molecule has 0 saturated carbocycles. The summed E-state index contributed by atoms with van der Waals surface area (Å²) in [7, 11) is 0. The van der Waals surface area contributed by atoms with Crippen LogP contribution >= 0.6 is 0 Å². The van der Waals surface area contributed by atoms with Gasteiger partial charge in [-0.3, -0.25) is 4.98 Å². The van der Waals surface area contributed by atoms with Crippen LogP contribution in [0.5, 0.6) is 0 Å². The molecule has 3 rings (SSSR count). The highest BCUT2D eigenvalue weighted by molar-refractivity contribution is 5.91. The first-order valence-electron chi connectivity index (χ1n) is 5.56. The lowest BCUT2D eigenvalue weighted by Crippen LogP contribution is -2.00. The van der Waals surface area contributed by atoms with Crippen molar-refractivity contribution in [2.45, 2.75) is 6.92 Å². The molecule has 0 amide bonds. The average molecular weight is 237 g/mol. The SMILES string of the molecule is Cc1c(-c2cccnn2)nc2cccnc2c1N. The molecule has 0 atom stereocenters. The molecular formula is C13H11N5. The molecule has 2 N–H and O–H groups in total. The minimum Gasteiger partial charge on any atom is -0.397 e. The number of rotatable bonds is 1. The van der Waals surface area contributed by atoms with Crippen molar-refractivity contribution >= 4 is 16.7 Å². The first-order chi connectivity index (χ1) is 8.77. The van der Waals surface area contributed by atoms with Crippen LogP contribution in [0.25, 0.3) is 22.4 Å². The van der Waals surface area contributed by atoms with Gasteiger partial charge in [0.05, 0.1) is 16.9 Å². The molecule has 18 heavy (non-hydrogen) atoms. The van der Waals surface area contributed by atoms with Crippen LogP contribution in [0.3, 0.4) is 0 Å². The highest BCUT2D eigenvalue weighted by atomic mass is 15.1. The zero-order valence-electron chi connectivity index (χ0n) is 9.83. The van der Waals surface area contributed by atoms with Crippen LogP contribution in [-0.4, -0.2) is 20.2 Å². The third kappa shape index (κ3) is 1.57. The minimum atomic E-state index is 0.640. The topological polar surface area (TPSA) is 77.6 Å². The normalized spacial score (nSPS) is 10.7. The summed E-state index contributed by atoms with van der Waals surface area (Å²) in [6, 6.07) is 7.42. The molecule has 0 spiro atoms. The Hall–Kier alpha value is -2.56. The third-order valence-corrected chi connectivity index (χ3v) is 2.85. The number of nitrogen functional groups attached to an aromatic ring is 1. The quantitative estimate of drug-likeness (QED) is 0.700. The van der Waals surface area contributed by atoms with Crippen molar-refractivity contribution in [1.82, 2.24) is 20.2 Å². The second kappa shape index (κ2) is 4.03. The van der Waals surface area contributed by atoms with Gasteiger partial charge in [0.1, 0.15) is 11.2 Å². The van der Waals surface area contributed by atoms with E-state index < -0.39 is 0 Å². The Labute approximate surface area is 104 Å². The first kappa shape index (κ1) is 10.6. The van der Waals surface area contributed by atoms with Gasteiger partial charge in [0, 0.05) is 18.0 Å². The van der Waals surface area contributed by atoms with E-state index in [9.17, 15) is 0 Å². The zero-order chi connectivity index (χ0) is 12.5. The molecule has 3 aromatic rings. The van der Waals surface area contributed by atoms with Gasteiger partial charge >= 0.3 is 0 Å². The van der Waals surface area contributed by atoms with E-state index in [0.29, 0.717) is 11.4 Å². The van der Waals surface area contributed by atoms with Crippen LogP contribution in [0.1, 0.15) is 5.56 Å². The minimum absolute atomic E-state index is 0.640. The van der Waals surface area contributed by atoms with E-state index in [1.165, 1.54) is 0 Å². The largest absolute Gasteiger partial charge is 0.397 e. The average Bonchev–Trinajstić information content (AvgIpc) is 2.44. The number of hydrogen-bond donors (Lipinski definition) is 1. The monoisotopic (exact) mass is 237 g/mol. The second-order valence-electron chi connectivity index (χ2n) is 3.98. The maximum atomic E-state index is 6.11. The summed E-state index contributed by atoms with van der Waals surface area (Å²) in [6.07, 6.45) is 3.34. The van der Waals surface area contributed by atoms with Crippen LogP contribution < -0.4 is 5.73 Å². The van der Waals surface area contributed by atoms with E-state index in [1.807, 2.05) is 31.2 Å². The smallest absolute Gasteiger partial charge is 0.112 e. The van der Waals surface area contributed by atoms with Crippen molar-refractivity contribution in [3.8, 4) is 11.4 Å². The molecule has 0 radical (unpaired) electrons. The zero-order valence-corrected chi connectivity index (χ0v) is 9.83. The fraction of sp³-hybridized carbons (Fsp3) is 0.0769. The standard InChI is InChI=1S/C13H11N5/c1-8-11(14)13-9(4-2-6-15-13)17-12(8)10-5-3-7-16-18-10/h2-7H,1H3,(H2,14,17). The van der Waals surface area contributed by atoms with E-state index in [-0.39, 0.29) is 0 Å². The van der Waals surface area contributed by atoms with Gasteiger partial charge in [0.15, 0.2) is 0 Å². The number of nitrogens with two attached hydrogens (primary N) is 1. The number of fused-ring (bicyclic) bond motifs is 1. The van der Waals surface area contributed by atoms with Crippen LogP contribution in [0.4, 0.5) is 5.69 Å². The molecule has 0 unspecified atom stereocenters. The van der Waals surface area contributed by atoms with Crippen molar-refractivity contribution in [3.05, 3.63) is 42.2 Å². The van der Waals surface area contributed by atoms with E-state index in [1.54, 1.807) is 12.4 Å². The lowest BCUT2D eigenvalue weighted by molar-refractivity contribution is 1.03. The summed E-state index contributed by atoms with van der Waals surface area (Å²) in [6.45, 7) is 1.92. The molecule has 0 fully saturated rings. The predicted molar refractivity (Wildman–Crippen MR) is 69.7 cm³/mol. The summed E-state index contributed by atoms with van der Waals surface area (Å²) < 4.78 is 0. The Morgan fingerprint density at radius 3 is 2.72 bits per heavy atom. The second-order valence-corrected chi connectivity index (χ2v) is 3.98. The van der Waals surface area contributed by atoms with Gasteiger partial charge in [0.2, 0.25) is 0 Å². The summed E-state index contributed by atoms with van der Waals surface area (Å²) in [5.74, 6) is 0. The fourth-order valence-corrected chi connectivity index (χ4v) is 1.88. The molecule has 88 valence electrons. The highest BCUT2D eigenvalue weighted by Crippen LogP contribution is 2.28. The number of aromatic nitrogens is 4. The fourth-order valence-electron chi connectivity index (χ4n) is 1.88. The van der Waals surface area contributed by atoms with Gasteiger partial charge in [-0.15, -0.1) is 5.10 Å². The van der Waals surface area contributed by atoms with E-state index in [4.69, 9.17) is 5.73 Å². The molecule has 5 heteroatoms. The molecule has 3 heterocycles. The molecular weight excluding hydrogens is 226 g/mol. The van der Waals surface area contributed by atoms with Crippen molar-refractivity contribution in [1.29, 1.82) is 0 Å². The van der Waals surface area contributed by atoms with Crippen LogP contribution in [-0.2, 0) is 0 Å². The lowest BCUT2D eigenvalue weighted by Gasteiger charge is -2.09. The molecule has 0 aliphatic carbocycles. The predicted octanol–water partition coefficient (Wildman–Crippen LogP) is 1.98. The first-order valence-corrected chi connectivity index (χ1v) is 5.56. The molecule has 0 saturated heterocycles. The van der Waals surface area contributed by atoms with Crippen LogP contribution in [0.2, 0.25) is 0 Å². The van der Waals surface area contributed by atoms with Gasteiger partial charge < -0.3 is 5.73 Å². The summed E-state index contributed by atoms with van der Waals surface area (Å²) >= 11 is 0. The third-order valence-electron chi connectivity index (χ3n) is 2.85. The maximum absolute atomic E-state index is 6.11. The highest BCUT2D eigenvalue weighted by Gasteiger charge is 2.12. The number of anilines is 1. The maximum Gasteiger partial charge on any atom is 0.112 e. The van der Waals surface area contributed by atoms with Crippen molar-refractivity contribution in [3.63, 3.8) is 0 Å². The van der Waals surface area contributed by atoms with Gasteiger partial charge in [-0.1, -0.05) is 0 Å². The molecule has 5 nitrogen and oxygen atoms in total.